The average molecular weight is 260 g/mol. The van der Waals surface area contributed by atoms with Crippen molar-refractivity contribution < 1.29 is 0 Å². The lowest BCUT2D eigenvalue weighted by atomic mass is 9.97. The van der Waals surface area contributed by atoms with E-state index in [-0.39, 0.29) is 0 Å². The van der Waals surface area contributed by atoms with Gasteiger partial charge in [0, 0.05) is 17.4 Å². The maximum atomic E-state index is 5.57. The fraction of sp³-hybridized carbons (Fsp3) is 0.400. The van der Waals surface area contributed by atoms with E-state index in [4.69, 9.17) is 5.73 Å². The summed E-state index contributed by atoms with van der Waals surface area (Å²) in [6.07, 6.45) is 0.869. The van der Waals surface area contributed by atoms with E-state index in [1.54, 1.807) is 11.3 Å². The number of aromatic nitrogens is 1. The Hall–Kier alpha value is -1.19. The summed E-state index contributed by atoms with van der Waals surface area (Å²) in [4.78, 5) is 4.67. The van der Waals surface area contributed by atoms with Crippen molar-refractivity contribution in [3.63, 3.8) is 0 Å². The summed E-state index contributed by atoms with van der Waals surface area (Å²) >= 11 is 1.70. The summed E-state index contributed by atoms with van der Waals surface area (Å²) in [6.45, 7) is 7.24. The van der Waals surface area contributed by atoms with Crippen LogP contribution in [0.4, 0.5) is 0 Å². The maximum absolute atomic E-state index is 5.57. The van der Waals surface area contributed by atoms with Crippen molar-refractivity contribution in [1.82, 2.24) is 4.98 Å². The third-order valence-electron chi connectivity index (χ3n) is 3.11. The molecule has 18 heavy (non-hydrogen) atoms. The van der Waals surface area contributed by atoms with Gasteiger partial charge in [-0.2, -0.15) is 0 Å². The molecular formula is C15H20N2S. The molecule has 1 aromatic heterocycles. The predicted molar refractivity (Wildman–Crippen MR) is 79.1 cm³/mol. The number of aryl methyl sites for hydroxylation is 1. The Kier molecular flexibility index (Phi) is 4.15. The Balaban J connectivity index is 2.38. The van der Waals surface area contributed by atoms with Gasteiger partial charge in [0.2, 0.25) is 0 Å². The molecule has 96 valence electrons. The van der Waals surface area contributed by atoms with Gasteiger partial charge >= 0.3 is 0 Å². The van der Waals surface area contributed by atoms with E-state index in [9.17, 15) is 0 Å². The van der Waals surface area contributed by atoms with E-state index < -0.39 is 0 Å². The molecule has 2 N–H and O–H groups in total. The second-order valence-electron chi connectivity index (χ2n) is 4.89. The van der Waals surface area contributed by atoms with Gasteiger partial charge in [-0.15, -0.1) is 11.3 Å². The normalized spacial score (nSPS) is 11.2. The Labute approximate surface area is 113 Å². The minimum Gasteiger partial charge on any atom is -0.330 e. The number of hydrogen-bond donors (Lipinski definition) is 1. The highest BCUT2D eigenvalue weighted by Gasteiger charge is 2.09. The van der Waals surface area contributed by atoms with Crippen molar-refractivity contribution in [3.8, 4) is 11.3 Å². The van der Waals surface area contributed by atoms with E-state index >= 15 is 0 Å². The van der Waals surface area contributed by atoms with Gasteiger partial charge in [-0.25, -0.2) is 4.98 Å². The smallest absolute Gasteiger partial charge is 0.0945 e. The fourth-order valence-corrected chi connectivity index (χ4v) is 2.76. The lowest BCUT2D eigenvalue weighted by Gasteiger charge is -2.09. The molecular weight excluding hydrogens is 240 g/mol. The summed E-state index contributed by atoms with van der Waals surface area (Å²) in [7, 11) is 0. The highest BCUT2D eigenvalue weighted by molar-refractivity contribution is 7.09. The van der Waals surface area contributed by atoms with E-state index in [0.717, 1.165) is 17.1 Å². The number of hydrogen-bond acceptors (Lipinski definition) is 3. The van der Waals surface area contributed by atoms with Crippen LogP contribution in [0.2, 0.25) is 0 Å². The molecule has 0 spiro atoms. The van der Waals surface area contributed by atoms with Gasteiger partial charge in [-0.1, -0.05) is 26.0 Å². The first kappa shape index (κ1) is 13.2. The zero-order chi connectivity index (χ0) is 13.1. The monoisotopic (exact) mass is 260 g/mol. The van der Waals surface area contributed by atoms with Crippen LogP contribution in [0.5, 0.6) is 0 Å². The minimum atomic E-state index is 0.548. The third kappa shape index (κ3) is 2.79. The number of benzene rings is 1. The highest BCUT2D eigenvalue weighted by atomic mass is 32.1. The molecule has 0 unspecified atom stereocenters. The second-order valence-corrected chi connectivity index (χ2v) is 5.84. The van der Waals surface area contributed by atoms with Gasteiger partial charge in [0.05, 0.1) is 10.7 Å². The molecule has 0 saturated heterocycles. The van der Waals surface area contributed by atoms with Crippen molar-refractivity contribution >= 4 is 11.3 Å². The number of nitrogens with zero attached hydrogens (tertiary/aromatic N) is 1. The first-order valence-corrected chi connectivity index (χ1v) is 7.25. The molecule has 2 nitrogen and oxygen atoms in total. The summed E-state index contributed by atoms with van der Waals surface area (Å²) in [5, 5.41) is 3.26. The van der Waals surface area contributed by atoms with Crippen LogP contribution < -0.4 is 5.73 Å². The van der Waals surface area contributed by atoms with Gasteiger partial charge in [0.25, 0.3) is 0 Å². The quantitative estimate of drug-likeness (QED) is 0.909. The first-order valence-electron chi connectivity index (χ1n) is 6.37. The zero-order valence-corrected chi connectivity index (χ0v) is 12.1. The van der Waals surface area contributed by atoms with Crippen molar-refractivity contribution in [3.05, 3.63) is 39.7 Å². The van der Waals surface area contributed by atoms with E-state index in [0.29, 0.717) is 12.5 Å². The third-order valence-corrected chi connectivity index (χ3v) is 4.02. The maximum Gasteiger partial charge on any atom is 0.0945 e. The van der Waals surface area contributed by atoms with Gasteiger partial charge in [-0.05, 0) is 36.6 Å². The molecule has 3 heteroatoms. The molecule has 0 atom stereocenters. The molecule has 1 aromatic carbocycles. The lowest BCUT2D eigenvalue weighted by Crippen LogP contribution is -2.02. The van der Waals surface area contributed by atoms with E-state index in [2.05, 4.69) is 49.3 Å². The van der Waals surface area contributed by atoms with Crippen molar-refractivity contribution in [1.29, 1.82) is 0 Å². The molecule has 1 heterocycles. The largest absolute Gasteiger partial charge is 0.330 e. The Bertz CT molecular complexity index is 529. The van der Waals surface area contributed by atoms with Crippen LogP contribution in [-0.2, 0) is 6.42 Å². The SMILES string of the molecule is Cc1ccc(C(C)C)cc1-c1csc(CCN)n1. The second kappa shape index (κ2) is 5.63. The van der Waals surface area contributed by atoms with Crippen LogP contribution in [0.15, 0.2) is 23.6 Å². The minimum absolute atomic E-state index is 0.548. The highest BCUT2D eigenvalue weighted by Crippen LogP contribution is 2.28. The van der Waals surface area contributed by atoms with Crippen molar-refractivity contribution in [2.75, 3.05) is 6.54 Å². The average Bonchev–Trinajstić information content (AvgIpc) is 2.78. The van der Waals surface area contributed by atoms with Gasteiger partial charge < -0.3 is 5.73 Å². The number of rotatable bonds is 4. The molecule has 0 aliphatic carbocycles. The van der Waals surface area contributed by atoms with Crippen LogP contribution in [0.1, 0.15) is 35.9 Å². The molecule has 2 rings (SSSR count). The fourth-order valence-electron chi connectivity index (χ4n) is 1.95. The molecule has 0 aliphatic rings. The van der Waals surface area contributed by atoms with Crippen LogP contribution in [-0.4, -0.2) is 11.5 Å². The van der Waals surface area contributed by atoms with Gasteiger partial charge in [0.15, 0.2) is 0 Å². The molecule has 0 amide bonds. The lowest BCUT2D eigenvalue weighted by molar-refractivity contribution is 0.866. The first-order chi connectivity index (χ1) is 8.61. The predicted octanol–water partition coefficient (Wildman–Crippen LogP) is 3.74. The zero-order valence-electron chi connectivity index (χ0n) is 11.2. The number of thiazole rings is 1. The topological polar surface area (TPSA) is 38.9 Å². The summed E-state index contributed by atoms with van der Waals surface area (Å²) in [6, 6.07) is 6.66. The molecule has 0 radical (unpaired) electrons. The van der Waals surface area contributed by atoms with Gasteiger partial charge in [-0.3, -0.25) is 0 Å². The summed E-state index contributed by atoms with van der Waals surface area (Å²) < 4.78 is 0. The molecule has 2 aromatic rings. The molecule has 0 saturated carbocycles. The van der Waals surface area contributed by atoms with E-state index in [1.807, 2.05) is 0 Å². The summed E-state index contributed by atoms with van der Waals surface area (Å²) in [5.41, 5.74) is 10.6. The molecule has 0 fully saturated rings. The van der Waals surface area contributed by atoms with E-state index in [1.165, 1.54) is 16.7 Å². The Morgan fingerprint density at radius 2 is 2.11 bits per heavy atom. The standard InChI is InChI=1S/C15H20N2S/c1-10(2)12-5-4-11(3)13(8-12)14-9-18-15(17-14)6-7-16/h4-5,8-10H,6-7,16H2,1-3H3. The summed E-state index contributed by atoms with van der Waals surface area (Å²) in [5.74, 6) is 0.548. The molecule has 0 bridgehead atoms. The number of nitrogens with two attached hydrogens (primary N) is 1. The van der Waals surface area contributed by atoms with Crippen molar-refractivity contribution in [2.45, 2.75) is 33.1 Å². The van der Waals surface area contributed by atoms with Crippen LogP contribution in [0.3, 0.4) is 0 Å². The Morgan fingerprint density at radius 1 is 1.33 bits per heavy atom. The van der Waals surface area contributed by atoms with Crippen LogP contribution in [0.25, 0.3) is 11.3 Å². The van der Waals surface area contributed by atoms with Gasteiger partial charge in [0.1, 0.15) is 0 Å². The Morgan fingerprint density at radius 3 is 2.78 bits per heavy atom. The van der Waals surface area contributed by atoms with Crippen LogP contribution in [0, 0.1) is 6.92 Å². The van der Waals surface area contributed by atoms with Crippen molar-refractivity contribution in [2.24, 2.45) is 5.73 Å². The molecule has 0 aliphatic heterocycles. The van der Waals surface area contributed by atoms with Crippen LogP contribution >= 0.6 is 11.3 Å².